The van der Waals surface area contributed by atoms with Crippen LogP contribution in [0.3, 0.4) is 0 Å². The number of aromatic nitrogens is 4. The van der Waals surface area contributed by atoms with Gasteiger partial charge in [-0.15, -0.1) is 5.10 Å². The van der Waals surface area contributed by atoms with Gasteiger partial charge in [0.25, 0.3) is 0 Å². The molecule has 0 aromatic carbocycles. The van der Waals surface area contributed by atoms with Crippen LogP contribution < -0.4 is 0 Å². The summed E-state index contributed by atoms with van der Waals surface area (Å²) in [5.74, 6) is -0.923. The molecular formula is C7H10N4O2S. The molecule has 1 aliphatic carbocycles. The number of hydrogen-bond donors (Lipinski definition) is 1. The molecule has 0 amide bonds. The highest BCUT2D eigenvalue weighted by Crippen LogP contribution is 2.34. The predicted molar refractivity (Wildman–Crippen MR) is 48.9 cm³/mol. The van der Waals surface area contributed by atoms with Gasteiger partial charge in [-0.25, -0.2) is 4.68 Å². The fourth-order valence-electron chi connectivity index (χ4n) is 1.15. The molecule has 0 spiro atoms. The second kappa shape index (κ2) is 3.95. The number of carboxylic acid groups (broad SMARTS) is 1. The fraction of sp³-hybridized carbons (Fsp3) is 0.714. The van der Waals surface area contributed by atoms with Crippen molar-refractivity contribution in [2.75, 3.05) is 0 Å². The molecule has 1 heterocycles. The van der Waals surface area contributed by atoms with Crippen molar-refractivity contribution in [2.24, 2.45) is 0 Å². The van der Waals surface area contributed by atoms with Gasteiger partial charge in [-0.3, -0.25) is 4.79 Å². The van der Waals surface area contributed by atoms with Gasteiger partial charge >= 0.3 is 5.97 Å². The van der Waals surface area contributed by atoms with Gasteiger partial charge < -0.3 is 5.11 Å². The predicted octanol–water partition coefficient (Wildman–Crippen LogP) is 0.402. The number of carboxylic acids is 1. The summed E-state index contributed by atoms with van der Waals surface area (Å²) in [5, 5.41) is 20.6. The average molecular weight is 214 g/mol. The van der Waals surface area contributed by atoms with Crippen LogP contribution in [0.25, 0.3) is 0 Å². The highest BCUT2D eigenvalue weighted by Gasteiger charge is 2.22. The first-order chi connectivity index (χ1) is 6.75. The minimum Gasteiger partial charge on any atom is -0.480 e. The molecule has 0 atom stereocenters. The van der Waals surface area contributed by atoms with Crippen molar-refractivity contribution in [2.45, 2.75) is 36.2 Å². The Kier molecular flexibility index (Phi) is 2.67. The van der Waals surface area contributed by atoms with E-state index in [-0.39, 0.29) is 6.54 Å². The molecule has 6 nitrogen and oxygen atoms in total. The molecule has 0 radical (unpaired) electrons. The van der Waals surface area contributed by atoms with E-state index in [1.54, 1.807) is 11.8 Å². The maximum atomic E-state index is 10.5. The Hall–Kier alpha value is -1.11. The van der Waals surface area contributed by atoms with Crippen LogP contribution in [0.2, 0.25) is 0 Å². The van der Waals surface area contributed by atoms with E-state index in [9.17, 15) is 4.79 Å². The largest absolute Gasteiger partial charge is 0.480 e. The quantitative estimate of drug-likeness (QED) is 0.781. The Morgan fingerprint density at radius 1 is 1.64 bits per heavy atom. The van der Waals surface area contributed by atoms with E-state index in [1.165, 1.54) is 23.9 Å². The zero-order valence-corrected chi connectivity index (χ0v) is 8.27. The van der Waals surface area contributed by atoms with Gasteiger partial charge in [-0.2, -0.15) is 0 Å². The number of tetrazole rings is 1. The van der Waals surface area contributed by atoms with E-state index in [0.29, 0.717) is 10.4 Å². The lowest BCUT2D eigenvalue weighted by Gasteiger charge is -2.23. The smallest absolute Gasteiger partial charge is 0.325 e. The summed E-state index contributed by atoms with van der Waals surface area (Å²) in [6.45, 7) is -0.165. The second-order valence-corrected chi connectivity index (χ2v) is 4.45. The minimum absolute atomic E-state index is 0.165. The molecule has 0 bridgehead atoms. The van der Waals surface area contributed by atoms with Crippen LogP contribution >= 0.6 is 11.8 Å². The molecule has 0 aliphatic heterocycles. The maximum Gasteiger partial charge on any atom is 0.325 e. The Labute approximate surface area is 84.7 Å². The number of hydrogen-bond acceptors (Lipinski definition) is 5. The molecular weight excluding hydrogens is 204 g/mol. The Balaban J connectivity index is 2.00. The third kappa shape index (κ3) is 2.03. The topological polar surface area (TPSA) is 80.9 Å². The first-order valence-electron chi connectivity index (χ1n) is 4.40. The van der Waals surface area contributed by atoms with Gasteiger partial charge in [0, 0.05) is 5.25 Å². The highest BCUT2D eigenvalue weighted by atomic mass is 32.2. The van der Waals surface area contributed by atoms with Crippen molar-refractivity contribution < 1.29 is 9.90 Å². The van der Waals surface area contributed by atoms with E-state index in [0.717, 1.165) is 0 Å². The van der Waals surface area contributed by atoms with Gasteiger partial charge in [0.1, 0.15) is 6.54 Å². The highest BCUT2D eigenvalue weighted by molar-refractivity contribution is 7.99. The summed E-state index contributed by atoms with van der Waals surface area (Å²) >= 11 is 1.57. The molecule has 1 N–H and O–H groups in total. The molecule has 76 valence electrons. The summed E-state index contributed by atoms with van der Waals surface area (Å²) in [4.78, 5) is 10.5. The van der Waals surface area contributed by atoms with Crippen LogP contribution in [0, 0.1) is 0 Å². The monoisotopic (exact) mass is 214 g/mol. The molecule has 1 fully saturated rings. The summed E-state index contributed by atoms with van der Waals surface area (Å²) < 4.78 is 1.32. The molecule has 7 heteroatoms. The average Bonchev–Trinajstić information content (AvgIpc) is 2.44. The molecule has 2 rings (SSSR count). The van der Waals surface area contributed by atoms with Crippen molar-refractivity contribution in [3.63, 3.8) is 0 Å². The van der Waals surface area contributed by atoms with E-state index in [4.69, 9.17) is 5.11 Å². The molecule has 1 aliphatic rings. The van der Waals surface area contributed by atoms with Crippen molar-refractivity contribution in [1.82, 2.24) is 20.2 Å². The van der Waals surface area contributed by atoms with Crippen LogP contribution in [-0.2, 0) is 11.3 Å². The molecule has 1 saturated carbocycles. The summed E-state index contributed by atoms with van der Waals surface area (Å²) in [6, 6.07) is 0. The second-order valence-electron chi connectivity index (χ2n) is 3.18. The van der Waals surface area contributed by atoms with Gasteiger partial charge in [0.05, 0.1) is 0 Å². The van der Waals surface area contributed by atoms with Gasteiger partial charge in [0.15, 0.2) is 0 Å². The van der Waals surface area contributed by atoms with Crippen LogP contribution in [0.1, 0.15) is 19.3 Å². The SMILES string of the molecule is O=C(O)Cn1nnnc1SC1CCC1. The van der Waals surface area contributed by atoms with Crippen LogP contribution in [0.15, 0.2) is 5.16 Å². The van der Waals surface area contributed by atoms with Gasteiger partial charge in [0.2, 0.25) is 5.16 Å². The third-order valence-corrected chi connectivity index (χ3v) is 3.42. The Morgan fingerprint density at radius 3 is 3.00 bits per heavy atom. The maximum absolute atomic E-state index is 10.5. The Morgan fingerprint density at radius 2 is 2.43 bits per heavy atom. The third-order valence-electron chi connectivity index (χ3n) is 2.11. The molecule has 1 aromatic rings. The standard InChI is InChI=1S/C7H10N4O2S/c12-6(13)4-11-7(8-9-10-11)14-5-2-1-3-5/h5H,1-4H2,(H,12,13). The van der Waals surface area contributed by atoms with Crippen molar-refractivity contribution >= 4 is 17.7 Å². The van der Waals surface area contributed by atoms with Crippen molar-refractivity contribution in [3.05, 3.63) is 0 Å². The molecule has 0 saturated heterocycles. The molecule has 14 heavy (non-hydrogen) atoms. The first kappa shape index (κ1) is 9.45. The summed E-state index contributed by atoms with van der Waals surface area (Å²) in [7, 11) is 0. The zero-order chi connectivity index (χ0) is 9.97. The normalized spacial score (nSPS) is 16.6. The number of rotatable bonds is 4. The fourth-order valence-corrected chi connectivity index (χ4v) is 2.32. The lowest BCUT2D eigenvalue weighted by Crippen LogP contribution is -2.16. The molecule has 1 aromatic heterocycles. The van der Waals surface area contributed by atoms with E-state index >= 15 is 0 Å². The van der Waals surface area contributed by atoms with Crippen LogP contribution in [-0.4, -0.2) is 36.5 Å². The number of aliphatic carboxylic acids is 1. The van der Waals surface area contributed by atoms with Crippen molar-refractivity contribution in [1.29, 1.82) is 0 Å². The van der Waals surface area contributed by atoms with Gasteiger partial charge in [-0.05, 0) is 23.3 Å². The molecule has 0 unspecified atom stereocenters. The minimum atomic E-state index is -0.923. The van der Waals surface area contributed by atoms with E-state index < -0.39 is 5.97 Å². The lowest BCUT2D eigenvalue weighted by atomic mass is 10.0. The van der Waals surface area contributed by atoms with Crippen LogP contribution in [0.5, 0.6) is 0 Å². The summed E-state index contributed by atoms with van der Waals surface area (Å²) in [6.07, 6.45) is 3.59. The van der Waals surface area contributed by atoms with Crippen LogP contribution in [0.4, 0.5) is 0 Å². The Bertz CT molecular complexity index is 336. The first-order valence-corrected chi connectivity index (χ1v) is 5.28. The van der Waals surface area contributed by atoms with E-state index in [2.05, 4.69) is 15.5 Å². The zero-order valence-electron chi connectivity index (χ0n) is 7.46. The number of carbonyl (C=O) groups is 1. The van der Waals surface area contributed by atoms with Gasteiger partial charge in [-0.1, -0.05) is 18.2 Å². The van der Waals surface area contributed by atoms with E-state index in [1.807, 2.05) is 0 Å². The lowest BCUT2D eigenvalue weighted by molar-refractivity contribution is -0.138. The summed E-state index contributed by atoms with van der Waals surface area (Å²) in [5.41, 5.74) is 0. The number of nitrogens with zero attached hydrogens (tertiary/aromatic N) is 4. The van der Waals surface area contributed by atoms with Crippen molar-refractivity contribution in [3.8, 4) is 0 Å². The number of thioether (sulfide) groups is 1.